The number of rotatable bonds is 9. The summed E-state index contributed by atoms with van der Waals surface area (Å²) in [5.74, 6) is 0.0501. The van der Waals surface area contributed by atoms with Crippen molar-refractivity contribution in [2.24, 2.45) is 5.10 Å². The van der Waals surface area contributed by atoms with Gasteiger partial charge >= 0.3 is 0 Å². The number of carbonyl (C=O) groups is 1. The molecule has 2 rings (SSSR count). The highest BCUT2D eigenvalue weighted by molar-refractivity contribution is 6.03. The molecule has 1 N–H and O–H groups in total. The standard InChI is InChI=1S/C20H30N2O/c1-2-3-4-5-6-7-8-16-20(23)22-21-19-15-11-13-17-12-9-10-14-18(17)19/h9-10,12,14H,2-8,11,13,15-16H2,1H3,(H,22,23)/b21-19-. The average molecular weight is 314 g/mol. The van der Waals surface area contributed by atoms with Gasteiger partial charge in [0.2, 0.25) is 5.91 Å². The van der Waals surface area contributed by atoms with Crippen LogP contribution in [0.25, 0.3) is 0 Å². The molecule has 0 spiro atoms. The third-order valence-corrected chi connectivity index (χ3v) is 4.51. The molecule has 0 radical (unpaired) electrons. The fraction of sp³-hybridized carbons (Fsp3) is 0.600. The van der Waals surface area contributed by atoms with Crippen molar-refractivity contribution in [3.05, 3.63) is 35.4 Å². The van der Waals surface area contributed by atoms with Crippen LogP contribution in [0.2, 0.25) is 0 Å². The number of amides is 1. The first-order valence-corrected chi connectivity index (χ1v) is 9.25. The first kappa shape index (κ1) is 17.7. The van der Waals surface area contributed by atoms with Gasteiger partial charge in [0.25, 0.3) is 0 Å². The first-order chi connectivity index (χ1) is 11.3. The smallest absolute Gasteiger partial charge is 0.240 e. The molecule has 1 aromatic rings. The second-order valence-electron chi connectivity index (χ2n) is 6.48. The zero-order chi connectivity index (χ0) is 16.3. The quantitative estimate of drug-likeness (QED) is 0.506. The topological polar surface area (TPSA) is 41.5 Å². The molecule has 0 saturated carbocycles. The molecule has 1 aliphatic carbocycles. The van der Waals surface area contributed by atoms with Gasteiger partial charge in [-0.05, 0) is 31.2 Å². The van der Waals surface area contributed by atoms with E-state index in [2.05, 4.69) is 35.7 Å². The number of nitrogens with zero attached hydrogens (tertiary/aromatic N) is 1. The van der Waals surface area contributed by atoms with E-state index in [4.69, 9.17) is 0 Å². The number of unbranched alkanes of at least 4 members (excludes halogenated alkanes) is 6. The Morgan fingerprint density at radius 1 is 1.04 bits per heavy atom. The Morgan fingerprint density at radius 3 is 2.61 bits per heavy atom. The fourth-order valence-corrected chi connectivity index (χ4v) is 3.15. The molecule has 3 nitrogen and oxygen atoms in total. The maximum Gasteiger partial charge on any atom is 0.240 e. The van der Waals surface area contributed by atoms with E-state index in [-0.39, 0.29) is 5.91 Å². The third-order valence-electron chi connectivity index (χ3n) is 4.51. The second-order valence-corrected chi connectivity index (χ2v) is 6.48. The predicted molar refractivity (Wildman–Crippen MR) is 96.7 cm³/mol. The maximum atomic E-state index is 11.9. The van der Waals surface area contributed by atoms with E-state index >= 15 is 0 Å². The molecule has 3 heteroatoms. The predicted octanol–water partition coefficient (Wildman–Crippen LogP) is 4.98. The number of hydrazone groups is 1. The molecular weight excluding hydrogens is 284 g/mol. The highest BCUT2D eigenvalue weighted by Gasteiger charge is 2.14. The molecule has 0 aromatic heterocycles. The minimum atomic E-state index is 0.0501. The second kappa shape index (κ2) is 10.2. The number of hydrogen-bond donors (Lipinski definition) is 1. The largest absolute Gasteiger partial charge is 0.273 e. The maximum absolute atomic E-state index is 11.9. The lowest BCUT2D eigenvalue weighted by Gasteiger charge is -2.17. The number of hydrogen-bond acceptors (Lipinski definition) is 2. The summed E-state index contributed by atoms with van der Waals surface area (Å²) in [6.45, 7) is 2.23. The Labute approximate surface area is 140 Å². The minimum Gasteiger partial charge on any atom is -0.273 e. The summed E-state index contributed by atoms with van der Waals surface area (Å²) in [7, 11) is 0. The number of aryl methyl sites for hydroxylation is 1. The first-order valence-electron chi connectivity index (χ1n) is 9.25. The summed E-state index contributed by atoms with van der Waals surface area (Å²) in [6, 6.07) is 8.38. The van der Waals surface area contributed by atoms with Crippen LogP contribution in [0.15, 0.2) is 29.4 Å². The van der Waals surface area contributed by atoms with Crippen molar-refractivity contribution < 1.29 is 4.79 Å². The molecule has 0 saturated heterocycles. The summed E-state index contributed by atoms with van der Waals surface area (Å²) >= 11 is 0. The van der Waals surface area contributed by atoms with Gasteiger partial charge in [-0.25, -0.2) is 5.43 Å². The Morgan fingerprint density at radius 2 is 1.78 bits per heavy atom. The van der Waals surface area contributed by atoms with E-state index in [1.165, 1.54) is 43.2 Å². The lowest BCUT2D eigenvalue weighted by molar-refractivity contribution is -0.121. The third kappa shape index (κ3) is 6.17. The van der Waals surface area contributed by atoms with E-state index in [0.717, 1.165) is 37.8 Å². The summed E-state index contributed by atoms with van der Waals surface area (Å²) in [4.78, 5) is 11.9. The molecule has 0 atom stereocenters. The van der Waals surface area contributed by atoms with Gasteiger partial charge in [-0.1, -0.05) is 69.7 Å². The van der Waals surface area contributed by atoms with Crippen LogP contribution in [0.1, 0.15) is 82.3 Å². The molecular formula is C20H30N2O. The van der Waals surface area contributed by atoms with Crippen LogP contribution in [0.5, 0.6) is 0 Å². The van der Waals surface area contributed by atoms with E-state index in [1.54, 1.807) is 0 Å². The van der Waals surface area contributed by atoms with Gasteiger partial charge < -0.3 is 0 Å². The molecule has 23 heavy (non-hydrogen) atoms. The van der Waals surface area contributed by atoms with Gasteiger partial charge in [0.15, 0.2) is 0 Å². The Bertz CT molecular complexity index is 522. The van der Waals surface area contributed by atoms with Crippen molar-refractivity contribution in [2.75, 3.05) is 0 Å². The van der Waals surface area contributed by atoms with Crippen molar-refractivity contribution in [3.8, 4) is 0 Å². The molecule has 126 valence electrons. The SMILES string of the molecule is CCCCCCCCCC(=O)N/N=C1/CCCc2ccccc21. The average Bonchev–Trinajstić information content (AvgIpc) is 2.59. The number of carbonyl (C=O) groups excluding carboxylic acids is 1. The zero-order valence-corrected chi connectivity index (χ0v) is 14.4. The van der Waals surface area contributed by atoms with E-state index < -0.39 is 0 Å². The van der Waals surface area contributed by atoms with E-state index in [9.17, 15) is 4.79 Å². The fourth-order valence-electron chi connectivity index (χ4n) is 3.15. The molecule has 0 aliphatic heterocycles. The van der Waals surface area contributed by atoms with Crippen LogP contribution in [0, 0.1) is 0 Å². The van der Waals surface area contributed by atoms with Crippen LogP contribution < -0.4 is 5.43 Å². The lowest BCUT2D eigenvalue weighted by Crippen LogP contribution is -2.21. The van der Waals surface area contributed by atoms with Crippen molar-refractivity contribution in [2.45, 2.75) is 77.6 Å². The lowest BCUT2D eigenvalue weighted by atomic mass is 9.90. The van der Waals surface area contributed by atoms with Gasteiger partial charge in [0, 0.05) is 12.0 Å². The zero-order valence-electron chi connectivity index (χ0n) is 14.4. The highest BCUT2D eigenvalue weighted by Crippen LogP contribution is 2.21. The van der Waals surface area contributed by atoms with Crippen molar-refractivity contribution in [1.82, 2.24) is 5.43 Å². The molecule has 0 bridgehead atoms. The van der Waals surface area contributed by atoms with Crippen molar-refractivity contribution in [1.29, 1.82) is 0 Å². The van der Waals surface area contributed by atoms with Crippen LogP contribution in [-0.4, -0.2) is 11.6 Å². The molecule has 0 unspecified atom stereocenters. The summed E-state index contributed by atoms with van der Waals surface area (Å²) < 4.78 is 0. The van der Waals surface area contributed by atoms with Crippen LogP contribution in [-0.2, 0) is 11.2 Å². The highest BCUT2D eigenvalue weighted by atomic mass is 16.2. The summed E-state index contributed by atoms with van der Waals surface area (Å²) in [5.41, 5.74) is 6.33. The van der Waals surface area contributed by atoms with Gasteiger partial charge in [0.05, 0.1) is 5.71 Å². The minimum absolute atomic E-state index is 0.0501. The van der Waals surface area contributed by atoms with Gasteiger partial charge in [0.1, 0.15) is 0 Å². The summed E-state index contributed by atoms with van der Waals surface area (Å²) in [5, 5.41) is 4.38. The van der Waals surface area contributed by atoms with Crippen molar-refractivity contribution >= 4 is 11.6 Å². The van der Waals surface area contributed by atoms with Crippen LogP contribution in [0.3, 0.4) is 0 Å². The molecule has 0 fully saturated rings. The van der Waals surface area contributed by atoms with Gasteiger partial charge in [-0.15, -0.1) is 0 Å². The van der Waals surface area contributed by atoms with E-state index in [0.29, 0.717) is 6.42 Å². The van der Waals surface area contributed by atoms with Crippen molar-refractivity contribution in [3.63, 3.8) is 0 Å². The number of fused-ring (bicyclic) bond motifs is 1. The van der Waals surface area contributed by atoms with Gasteiger partial charge in [-0.3, -0.25) is 4.79 Å². The Kier molecular flexibility index (Phi) is 7.85. The molecule has 1 aromatic carbocycles. The van der Waals surface area contributed by atoms with E-state index in [1.807, 2.05) is 6.07 Å². The Balaban J connectivity index is 1.68. The number of benzene rings is 1. The molecule has 1 aliphatic rings. The normalized spacial score (nSPS) is 15.4. The van der Waals surface area contributed by atoms with Gasteiger partial charge in [-0.2, -0.15) is 5.10 Å². The Hall–Kier alpha value is -1.64. The molecule has 0 heterocycles. The molecule has 1 amide bonds. The van der Waals surface area contributed by atoms with Crippen LogP contribution >= 0.6 is 0 Å². The van der Waals surface area contributed by atoms with Crippen LogP contribution in [0.4, 0.5) is 0 Å². The number of nitrogens with one attached hydrogen (secondary N) is 1. The monoisotopic (exact) mass is 314 g/mol. The summed E-state index contributed by atoms with van der Waals surface area (Å²) in [6.07, 6.45) is 12.4.